The smallest absolute Gasteiger partial charge is 0.0489 e. The van der Waals surface area contributed by atoms with Crippen LogP contribution in [0.1, 0.15) is 13.3 Å². The van der Waals surface area contributed by atoms with Crippen LogP contribution in [0.3, 0.4) is 0 Å². The summed E-state index contributed by atoms with van der Waals surface area (Å²) < 4.78 is 1.93. The number of aliphatic hydroxyl groups excluding tert-OH is 1. The number of aryl methyl sites for hydroxylation is 1. The minimum atomic E-state index is 0.256. The summed E-state index contributed by atoms with van der Waals surface area (Å²) in [7, 11) is 0. The van der Waals surface area contributed by atoms with E-state index in [9.17, 15) is 0 Å². The molecule has 0 saturated carbocycles. The van der Waals surface area contributed by atoms with Gasteiger partial charge in [-0.2, -0.15) is 5.10 Å². The average Bonchev–Trinajstić information content (AvgIpc) is 2.69. The Bertz CT molecular complexity index is 223. The summed E-state index contributed by atoms with van der Waals surface area (Å²) in [5, 5.41) is 16.2. The van der Waals surface area contributed by atoms with Crippen molar-refractivity contribution in [1.29, 1.82) is 0 Å². The Morgan fingerprint density at radius 2 is 2.43 bits per heavy atom. The molecule has 4 nitrogen and oxygen atoms in total. The second kappa shape index (κ2) is 6.56. The van der Waals surface area contributed by atoms with E-state index in [1.165, 1.54) is 0 Å². The summed E-state index contributed by atoms with van der Waals surface area (Å²) in [5.74, 6) is 0.347. The number of hydrogen-bond acceptors (Lipinski definition) is 3. The molecule has 0 spiro atoms. The predicted molar refractivity (Wildman–Crippen MR) is 56.0 cm³/mol. The molecule has 0 bridgehead atoms. The summed E-state index contributed by atoms with van der Waals surface area (Å²) in [4.78, 5) is 0. The van der Waals surface area contributed by atoms with Gasteiger partial charge in [0.2, 0.25) is 0 Å². The van der Waals surface area contributed by atoms with Crippen LogP contribution in [0.25, 0.3) is 0 Å². The van der Waals surface area contributed by atoms with Gasteiger partial charge in [-0.25, -0.2) is 0 Å². The first-order valence-electron chi connectivity index (χ1n) is 5.12. The molecule has 0 aliphatic heterocycles. The summed E-state index contributed by atoms with van der Waals surface area (Å²) in [6, 6.07) is 1.93. The fraction of sp³-hybridized carbons (Fsp3) is 0.700. The van der Waals surface area contributed by atoms with Crippen molar-refractivity contribution in [2.75, 3.05) is 19.7 Å². The van der Waals surface area contributed by atoms with Gasteiger partial charge >= 0.3 is 0 Å². The minimum Gasteiger partial charge on any atom is -0.396 e. The van der Waals surface area contributed by atoms with Crippen LogP contribution in [0.4, 0.5) is 0 Å². The maximum atomic E-state index is 8.79. The van der Waals surface area contributed by atoms with E-state index < -0.39 is 0 Å². The molecule has 1 atom stereocenters. The molecule has 1 unspecified atom stereocenters. The molecular weight excluding hydrogens is 178 g/mol. The molecule has 1 heterocycles. The Morgan fingerprint density at radius 1 is 1.57 bits per heavy atom. The Morgan fingerprint density at radius 3 is 3.07 bits per heavy atom. The van der Waals surface area contributed by atoms with E-state index >= 15 is 0 Å². The molecule has 2 N–H and O–H groups in total. The van der Waals surface area contributed by atoms with Gasteiger partial charge in [0, 0.05) is 25.5 Å². The average molecular weight is 197 g/mol. The number of hydrogen-bond donors (Lipinski definition) is 2. The highest BCUT2D eigenvalue weighted by Gasteiger charge is 1.97. The van der Waals surface area contributed by atoms with Gasteiger partial charge in [-0.05, 0) is 31.5 Å². The lowest BCUT2D eigenvalue weighted by Crippen LogP contribution is -2.24. The van der Waals surface area contributed by atoms with Crippen molar-refractivity contribution in [1.82, 2.24) is 15.1 Å². The minimum absolute atomic E-state index is 0.256. The topological polar surface area (TPSA) is 50.1 Å². The quantitative estimate of drug-likeness (QED) is 0.625. The Labute approximate surface area is 84.9 Å². The molecule has 0 fully saturated rings. The SMILES string of the molecule is CC(CO)CNCCCn1cccn1. The van der Waals surface area contributed by atoms with Crippen LogP contribution in [-0.2, 0) is 6.54 Å². The largest absolute Gasteiger partial charge is 0.396 e. The van der Waals surface area contributed by atoms with Crippen molar-refractivity contribution >= 4 is 0 Å². The van der Waals surface area contributed by atoms with Crippen molar-refractivity contribution in [3.05, 3.63) is 18.5 Å². The van der Waals surface area contributed by atoms with Gasteiger partial charge in [0.15, 0.2) is 0 Å². The van der Waals surface area contributed by atoms with Crippen molar-refractivity contribution in [3.63, 3.8) is 0 Å². The van der Waals surface area contributed by atoms with Gasteiger partial charge in [-0.1, -0.05) is 6.92 Å². The van der Waals surface area contributed by atoms with Gasteiger partial charge in [0.05, 0.1) is 0 Å². The molecule has 1 aromatic rings. The second-order valence-corrected chi connectivity index (χ2v) is 3.61. The van der Waals surface area contributed by atoms with Crippen LogP contribution in [0.15, 0.2) is 18.5 Å². The molecule has 0 aliphatic carbocycles. The zero-order chi connectivity index (χ0) is 10.2. The van der Waals surface area contributed by atoms with Gasteiger partial charge < -0.3 is 10.4 Å². The van der Waals surface area contributed by atoms with Gasteiger partial charge in [-0.15, -0.1) is 0 Å². The molecule has 0 radical (unpaired) electrons. The van der Waals surface area contributed by atoms with E-state index in [1.807, 2.05) is 23.9 Å². The maximum absolute atomic E-state index is 8.79. The molecule has 0 amide bonds. The van der Waals surface area contributed by atoms with Crippen LogP contribution in [-0.4, -0.2) is 34.6 Å². The molecule has 0 aliphatic rings. The fourth-order valence-corrected chi connectivity index (χ4v) is 1.21. The normalized spacial score (nSPS) is 13.0. The maximum Gasteiger partial charge on any atom is 0.0489 e. The van der Waals surface area contributed by atoms with E-state index in [0.29, 0.717) is 5.92 Å². The van der Waals surface area contributed by atoms with Crippen LogP contribution in [0, 0.1) is 5.92 Å². The highest BCUT2D eigenvalue weighted by atomic mass is 16.3. The highest BCUT2D eigenvalue weighted by Crippen LogP contribution is 1.90. The first-order valence-corrected chi connectivity index (χ1v) is 5.12. The number of aromatic nitrogens is 2. The van der Waals surface area contributed by atoms with E-state index in [0.717, 1.165) is 26.1 Å². The number of aliphatic hydroxyl groups is 1. The van der Waals surface area contributed by atoms with Gasteiger partial charge in [0.25, 0.3) is 0 Å². The lowest BCUT2D eigenvalue weighted by Gasteiger charge is -2.09. The van der Waals surface area contributed by atoms with Crippen molar-refractivity contribution in [2.45, 2.75) is 19.9 Å². The lowest BCUT2D eigenvalue weighted by atomic mass is 10.2. The third-order valence-corrected chi connectivity index (χ3v) is 2.10. The number of rotatable bonds is 7. The first kappa shape index (κ1) is 11.2. The zero-order valence-electron chi connectivity index (χ0n) is 8.69. The Kier molecular flexibility index (Phi) is 5.25. The Hall–Kier alpha value is -0.870. The molecule has 0 aromatic carbocycles. The standard InChI is InChI=1S/C10H19N3O/c1-10(9-14)8-11-4-2-6-13-7-3-5-12-13/h3,5,7,10-11,14H,2,4,6,8-9H2,1H3. The van der Waals surface area contributed by atoms with Crippen LogP contribution in [0.2, 0.25) is 0 Å². The van der Waals surface area contributed by atoms with E-state index in [2.05, 4.69) is 10.4 Å². The predicted octanol–water partition coefficient (Wildman–Crippen LogP) is 0.491. The lowest BCUT2D eigenvalue weighted by molar-refractivity contribution is 0.233. The number of nitrogens with one attached hydrogen (secondary N) is 1. The summed E-state index contributed by atoms with van der Waals surface area (Å²) in [6.07, 6.45) is 4.83. The first-order chi connectivity index (χ1) is 6.83. The van der Waals surface area contributed by atoms with Crippen molar-refractivity contribution < 1.29 is 5.11 Å². The number of nitrogens with zero attached hydrogens (tertiary/aromatic N) is 2. The van der Waals surface area contributed by atoms with Crippen LogP contribution >= 0.6 is 0 Å². The van der Waals surface area contributed by atoms with E-state index in [-0.39, 0.29) is 6.61 Å². The Balaban J connectivity index is 1.95. The van der Waals surface area contributed by atoms with Gasteiger partial charge in [-0.3, -0.25) is 4.68 Å². The van der Waals surface area contributed by atoms with E-state index in [4.69, 9.17) is 5.11 Å². The van der Waals surface area contributed by atoms with Gasteiger partial charge in [0.1, 0.15) is 0 Å². The van der Waals surface area contributed by atoms with Crippen molar-refractivity contribution in [2.24, 2.45) is 5.92 Å². The van der Waals surface area contributed by atoms with E-state index in [1.54, 1.807) is 6.20 Å². The fourth-order valence-electron chi connectivity index (χ4n) is 1.21. The molecule has 80 valence electrons. The molecule has 0 saturated heterocycles. The monoisotopic (exact) mass is 197 g/mol. The van der Waals surface area contributed by atoms with Crippen LogP contribution in [0.5, 0.6) is 0 Å². The molecule has 1 rings (SSSR count). The second-order valence-electron chi connectivity index (χ2n) is 3.61. The molecule has 1 aromatic heterocycles. The summed E-state index contributed by atoms with van der Waals surface area (Å²) in [5.41, 5.74) is 0. The molecule has 14 heavy (non-hydrogen) atoms. The summed E-state index contributed by atoms with van der Waals surface area (Å²) >= 11 is 0. The third kappa shape index (κ3) is 4.39. The zero-order valence-corrected chi connectivity index (χ0v) is 8.69. The van der Waals surface area contributed by atoms with Crippen molar-refractivity contribution in [3.8, 4) is 0 Å². The summed E-state index contributed by atoms with van der Waals surface area (Å²) in [6.45, 7) is 5.10. The highest BCUT2D eigenvalue weighted by molar-refractivity contribution is 4.77. The van der Waals surface area contributed by atoms with Crippen LogP contribution < -0.4 is 5.32 Å². The molecular formula is C10H19N3O. The third-order valence-electron chi connectivity index (χ3n) is 2.10. The molecule has 4 heteroatoms.